The first-order chi connectivity index (χ1) is 9.16. The van der Waals surface area contributed by atoms with Gasteiger partial charge in [0.15, 0.2) is 6.61 Å². The minimum absolute atomic E-state index is 0.0538. The van der Waals surface area contributed by atoms with E-state index in [0.29, 0.717) is 10.7 Å². The van der Waals surface area contributed by atoms with Crippen molar-refractivity contribution in [1.82, 2.24) is 4.90 Å². The fourth-order valence-electron chi connectivity index (χ4n) is 2.10. The van der Waals surface area contributed by atoms with Crippen molar-refractivity contribution in [2.45, 2.75) is 19.3 Å². The Labute approximate surface area is 118 Å². The average molecular weight is 278 g/mol. The van der Waals surface area contributed by atoms with Gasteiger partial charge in [0.1, 0.15) is 10.7 Å². The van der Waals surface area contributed by atoms with Crippen molar-refractivity contribution in [2.24, 2.45) is 5.73 Å². The highest BCUT2D eigenvalue weighted by Gasteiger charge is 2.16. The van der Waals surface area contributed by atoms with Gasteiger partial charge in [0.25, 0.3) is 5.91 Å². The molecule has 102 valence electrons. The van der Waals surface area contributed by atoms with Crippen molar-refractivity contribution < 1.29 is 9.53 Å². The van der Waals surface area contributed by atoms with Gasteiger partial charge in [-0.25, -0.2) is 0 Å². The number of ether oxygens (including phenoxy) is 1. The number of nitrogens with two attached hydrogens (primary N) is 1. The van der Waals surface area contributed by atoms with E-state index in [9.17, 15) is 4.79 Å². The van der Waals surface area contributed by atoms with E-state index in [2.05, 4.69) is 0 Å². The lowest BCUT2D eigenvalue weighted by atomic mass is 10.1. The Morgan fingerprint density at radius 1 is 1.21 bits per heavy atom. The Kier molecular flexibility index (Phi) is 4.74. The van der Waals surface area contributed by atoms with Crippen LogP contribution in [0.5, 0.6) is 5.75 Å². The first-order valence-corrected chi connectivity index (χ1v) is 6.88. The molecule has 0 aromatic heterocycles. The van der Waals surface area contributed by atoms with E-state index in [4.69, 9.17) is 22.7 Å². The van der Waals surface area contributed by atoms with E-state index >= 15 is 0 Å². The Morgan fingerprint density at radius 3 is 2.42 bits per heavy atom. The molecule has 1 aromatic carbocycles. The molecule has 5 heteroatoms. The van der Waals surface area contributed by atoms with E-state index in [0.717, 1.165) is 31.5 Å². The number of amides is 1. The average Bonchev–Trinajstić information content (AvgIpc) is 2.46. The summed E-state index contributed by atoms with van der Waals surface area (Å²) in [5.74, 6) is 0.712. The second-order valence-corrected chi connectivity index (χ2v) is 5.06. The smallest absolute Gasteiger partial charge is 0.260 e. The summed E-state index contributed by atoms with van der Waals surface area (Å²) in [6.45, 7) is 1.79. The van der Waals surface area contributed by atoms with Crippen LogP contribution in [-0.4, -0.2) is 35.5 Å². The van der Waals surface area contributed by atoms with Gasteiger partial charge in [-0.3, -0.25) is 4.79 Å². The zero-order chi connectivity index (χ0) is 13.7. The molecule has 1 saturated heterocycles. The topological polar surface area (TPSA) is 55.6 Å². The molecule has 19 heavy (non-hydrogen) atoms. The van der Waals surface area contributed by atoms with Crippen LogP contribution in [0.1, 0.15) is 24.8 Å². The van der Waals surface area contributed by atoms with Gasteiger partial charge in [-0.2, -0.15) is 0 Å². The molecule has 1 aliphatic heterocycles. The molecular formula is C14H18N2O2S. The largest absolute Gasteiger partial charge is 0.484 e. The molecule has 1 fully saturated rings. The Bertz CT molecular complexity index is 453. The molecule has 2 rings (SSSR count). The molecule has 1 aliphatic rings. The number of nitrogens with zero attached hydrogens (tertiary/aromatic N) is 1. The molecule has 0 aliphatic carbocycles. The van der Waals surface area contributed by atoms with Crippen LogP contribution in [0.25, 0.3) is 0 Å². The normalized spacial score (nSPS) is 15.1. The molecule has 0 bridgehead atoms. The lowest BCUT2D eigenvalue weighted by Gasteiger charge is -2.26. The third-order valence-electron chi connectivity index (χ3n) is 3.21. The predicted octanol–water partition coefficient (Wildman–Crippen LogP) is 1.71. The first kappa shape index (κ1) is 13.8. The third-order valence-corrected chi connectivity index (χ3v) is 3.45. The monoisotopic (exact) mass is 278 g/mol. The quantitative estimate of drug-likeness (QED) is 0.852. The molecule has 1 amide bonds. The zero-order valence-electron chi connectivity index (χ0n) is 10.8. The first-order valence-electron chi connectivity index (χ1n) is 6.47. The maximum Gasteiger partial charge on any atom is 0.260 e. The minimum Gasteiger partial charge on any atom is -0.484 e. The maximum absolute atomic E-state index is 11.9. The number of piperidine rings is 1. The number of rotatable bonds is 4. The molecule has 4 nitrogen and oxygen atoms in total. The number of hydrogen-bond acceptors (Lipinski definition) is 3. The number of thiocarbonyl (C=S) groups is 1. The summed E-state index contributed by atoms with van der Waals surface area (Å²) >= 11 is 4.87. The number of carbonyl (C=O) groups excluding carboxylic acids is 1. The number of likely N-dealkylation sites (tertiary alicyclic amines) is 1. The van der Waals surface area contributed by atoms with Crippen molar-refractivity contribution in [2.75, 3.05) is 19.7 Å². The molecule has 0 spiro atoms. The molecular weight excluding hydrogens is 260 g/mol. The van der Waals surface area contributed by atoms with E-state index in [1.165, 1.54) is 6.42 Å². The van der Waals surface area contributed by atoms with Crippen LogP contribution in [0, 0.1) is 0 Å². The maximum atomic E-state index is 11.9. The molecule has 2 N–H and O–H groups in total. The third kappa shape index (κ3) is 3.92. The molecule has 0 unspecified atom stereocenters. The SMILES string of the molecule is NC(=S)c1ccc(OCC(=O)N2CCCCC2)cc1. The summed E-state index contributed by atoms with van der Waals surface area (Å²) < 4.78 is 5.48. The van der Waals surface area contributed by atoms with Crippen molar-refractivity contribution >= 4 is 23.1 Å². The van der Waals surface area contributed by atoms with Crippen LogP contribution in [-0.2, 0) is 4.79 Å². The van der Waals surface area contributed by atoms with Gasteiger partial charge >= 0.3 is 0 Å². The van der Waals surface area contributed by atoms with Crippen molar-refractivity contribution in [3.63, 3.8) is 0 Å². The van der Waals surface area contributed by atoms with Crippen LogP contribution < -0.4 is 10.5 Å². The van der Waals surface area contributed by atoms with Gasteiger partial charge in [0.2, 0.25) is 0 Å². The fraction of sp³-hybridized carbons (Fsp3) is 0.429. The zero-order valence-corrected chi connectivity index (χ0v) is 11.6. The van der Waals surface area contributed by atoms with Gasteiger partial charge in [-0.05, 0) is 43.5 Å². The Morgan fingerprint density at radius 2 is 1.84 bits per heavy atom. The summed E-state index contributed by atoms with van der Waals surface area (Å²) in [5, 5.41) is 0. The van der Waals surface area contributed by atoms with Crippen molar-refractivity contribution in [3.8, 4) is 5.75 Å². The van der Waals surface area contributed by atoms with Gasteiger partial charge in [0, 0.05) is 18.7 Å². The van der Waals surface area contributed by atoms with Crippen LogP contribution in [0.3, 0.4) is 0 Å². The van der Waals surface area contributed by atoms with Gasteiger partial charge in [-0.1, -0.05) is 12.2 Å². The molecule has 0 radical (unpaired) electrons. The molecule has 1 heterocycles. The summed E-state index contributed by atoms with van der Waals surface area (Å²) in [7, 11) is 0. The van der Waals surface area contributed by atoms with Crippen molar-refractivity contribution in [3.05, 3.63) is 29.8 Å². The number of hydrogen-bond donors (Lipinski definition) is 1. The molecule has 0 saturated carbocycles. The van der Waals surface area contributed by atoms with E-state index in [-0.39, 0.29) is 12.5 Å². The van der Waals surface area contributed by atoms with Crippen LogP contribution in [0.2, 0.25) is 0 Å². The lowest BCUT2D eigenvalue weighted by molar-refractivity contribution is -0.134. The lowest BCUT2D eigenvalue weighted by Crippen LogP contribution is -2.38. The van der Waals surface area contributed by atoms with Gasteiger partial charge in [-0.15, -0.1) is 0 Å². The highest BCUT2D eigenvalue weighted by molar-refractivity contribution is 7.80. The Hall–Kier alpha value is -1.62. The number of carbonyl (C=O) groups is 1. The summed E-state index contributed by atoms with van der Waals surface area (Å²) in [6, 6.07) is 7.14. The van der Waals surface area contributed by atoms with Crippen molar-refractivity contribution in [1.29, 1.82) is 0 Å². The van der Waals surface area contributed by atoms with Gasteiger partial charge in [0.05, 0.1) is 0 Å². The van der Waals surface area contributed by atoms with Crippen LogP contribution in [0.15, 0.2) is 24.3 Å². The predicted molar refractivity (Wildman–Crippen MR) is 78.3 cm³/mol. The van der Waals surface area contributed by atoms with Crippen LogP contribution >= 0.6 is 12.2 Å². The summed E-state index contributed by atoms with van der Waals surface area (Å²) in [6.07, 6.45) is 3.40. The fourth-order valence-corrected chi connectivity index (χ4v) is 2.23. The van der Waals surface area contributed by atoms with E-state index < -0.39 is 0 Å². The Balaban J connectivity index is 1.84. The van der Waals surface area contributed by atoms with Gasteiger partial charge < -0.3 is 15.4 Å². The highest BCUT2D eigenvalue weighted by atomic mass is 32.1. The summed E-state index contributed by atoms with van der Waals surface area (Å²) in [4.78, 5) is 14.1. The highest BCUT2D eigenvalue weighted by Crippen LogP contribution is 2.13. The molecule has 1 aromatic rings. The van der Waals surface area contributed by atoms with E-state index in [1.54, 1.807) is 24.3 Å². The molecule has 0 atom stereocenters. The second-order valence-electron chi connectivity index (χ2n) is 4.62. The standard InChI is InChI=1S/C14H18N2O2S/c15-14(19)11-4-6-12(7-5-11)18-10-13(17)16-8-2-1-3-9-16/h4-7H,1-3,8-10H2,(H2,15,19). The minimum atomic E-state index is 0.0538. The second kappa shape index (κ2) is 6.52. The van der Waals surface area contributed by atoms with Crippen LogP contribution in [0.4, 0.5) is 0 Å². The van der Waals surface area contributed by atoms with E-state index in [1.807, 2.05) is 4.90 Å². The summed E-state index contributed by atoms with van der Waals surface area (Å²) in [5.41, 5.74) is 6.31. The number of benzene rings is 1.